The highest BCUT2D eigenvalue weighted by Crippen LogP contribution is 2.23. The van der Waals surface area contributed by atoms with E-state index in [0.717, 1.165) is 31.4 Å². The van der Waals surface area contributed by atoms with E-state index in [-0.39, 0.29) is 18.1 Å². The molecule has 1 aromatic heterocycles. The number of nitrogens with one attached hydrogen (secondary N) is 1. The maximum atomic E-state index is 12.6. The summed E-state index contributed by atoms with van der Waals surface area (Å²) in [7, 11) is 0. The zero-order valence-corrected chi connectivity index (χ0v) is 16.6. The molecule has 2 atom stereocenters. The van der Waals surface area contributed by atoms with Gasteiger partial charge in [-0.3, -0.25) is 0 Å². The van der Waals surface area contributed by atoms with Gasteiger partial charge in [-0.2, -0.15) is 0 Å². The van der Waals surface area contributed by atoms with Crippen LogP contribution in [0.25, 0.3) is 5.69 Å². The van der Waals surface area contributed by atoms with Gasteiger partial charge >= 0.3 is 12.1 Å². The van der Waals surface area contributed by atoms with Crippen LogP contribution in [-0.2, 0) is 9.47 Å². The fourth-order valence-electron chi connectivity index (χ4n) is 3.25. The van der Waals surface area contributed by atoms with Gasteiger partial charge in [0.2, 0.25) is 0 Å². The first-order chi connectivity index (χ1) is 13.3. The Labute approximate surface area is 165 Å². The van der Waals surface area contributed by atoms with Crippen LogP contribution in [0.3, 0.4) is 0 Å². The molecule has 0 aliphatic heterocycles. The number of carbonyl (C=O) groups excluding carboxylic acids is 2. The number of hydrogen-bond acceptors (Lipinski definition) is 5. The van der Waals surface area contributed by atoms with Gasteiger partial charge < -0.3 is 19.4 Å². The van der Waals surface area contributed by atoms with Crippen molar-refractivity contribution in [3.8, 4) is 5.69 Å². The SMILES string of the molecule is CC(C)(C)OC(=O)N[C@@H]1CCCC[C@H]1OC(=O)c1ccc(-n2ccnc2)cc1. The molecule has 7 nitrogen and oxygen atoms in total. The van der Waals surface area contributed by atoms with Gasteiger partial charge in [-0.15, -0.1) is 0 Å². The molecule has 150 valence electrons. The van der Waals surface area contributed by atoms with Crippen LogP contribution in [-0.4, -0.2) is 39.4 Å². The predicted molar refractivity (Wildman–Crippen MR) is 104 cm³/mol. The van der Waals surface area contributed by atoms with Crippen LogP contribution in [0.2, 0.25) is 0 Å². The van der Waals surface area contributed by atoms with Crippen LogP contribution in [0.15, 0.2) is 43.0 Å². The van der Waals surface area contributed by atoms with Crippen LogP contribution in [0.4, 0.5) is 4.79 Å². The summed E-state index contributed by atoms with van der Waals surface area (Å²) in [5.41, 5.74) is 0.823. The van der Waals surface area contributed by atoms with Crippen molar-refractivity contribution in [1.82, 2.24) is 14.9 Å². The lowest BCUT2D eigenvalue weighted by atomic mass is 9.92. The van der Waals surface area contributed by atoms with E-state index in [4.69, 9.17) is 9.47 Å². The lowest BCUT2D eigenvalue weighted by Gasteiger charge is -2.32. The van der Waals surface area contributed by atoms with Crippen molar-refractivity contribution in [3.63, 3.8) is 0 Å². The molecule has 1 aliphatic carbocycles. The largest absolute Gasteiger partial charge is 0.457 e. The van der Waals surface area contributed by atoms with E-state index in [1.807, 2.05) is 43.7 Å². The predicted octanol–water partition coefficient (Wildman–Crippen LogP) is 3.87. The molecule has 1 saturated carbocycles. The number of nitrogens with zero attached hydrogens (tertiary/aromatic N) is 2. The van der Waals surface area contributed by atoms with Gasteiger partial charge in [0.15, 0.2) is 0 Å². The van der Waals surface area contributed by atoms with Gasteiger partial charge in [-0.1, -0.05) is 6.42 Å². The second-order valence-corrected chi connectivity index (χ2v) is 8.00. The fraction of sp³-hybridized carbons (Fsp3) is 0.476. The van der Waals surface area contributed by atoms with Gasteiger partial charge in [0.25, 0.3) is 0 Å². The number of esters is 1. The lowest BCUT2D eigenvalue weighted by Crippen LogP contribution is -2.48. The first kappa shape index (κ1) is 19.9. The van der Waals surface area contributed by atoms with E-state index >= 15 is 0 Å². The second kappa shape index (κ2) is 8.46. The molecule has 28 heavy (non-hydrogen) atoms. The molecule has 0 bridgehead atoms. The molecule has 2 aromatic rings. The summed E-state index contributed by atoms with van der Waals surface area (Å²) >= 11 is 0. The van der Waals surface area contributed by atoms with Gasteiger partial charge in [0.05, 0.1) is 17.9 Å². The van der Waals surface area contributed by atoms with Crippen LogP contribution in [0, 0.1) is 0 Å². The van der Waals surface area contributed by atoms with Crippen molar-refractivity contribution in [3.05, 3.63) is 48.5 Å². The smallest absolute Gasteiger partial charge is 0.408 e. The Kier molecular flexibility index (Phi) is 6.02. The van der Waals surface area contributed by atoms with Gasteiger partial charge in [0.1, 0.15) is 11.7 Å². The summed E-state index contributed by atoms with van der Waals surface area (Å²) in [4.78, 5) is 28.7. The van der Waals surface area contributed by atoms with E-state index < -0.39 is 11.7 Å². The Morgan fingerprint density at radius 3 is 2.50 bits per heavy atom. The number of hydrogen-bond donors (Lipinski definition) is 1. The molecular weight excluding hydrogens is 358 g/mol. The number of ether oxygens (including phenoxy) is 2. The van der Waals surface area contributed by atoms with Crippen molar-refractivity contribution in [2.45, 2.75) is 64.2 Å². The minimum absolute atomic E-state index is 0.238. The molecule has 1 aliphatic rings. The summed E-state index contributed by atoms with van der Waals surface area (Å²) in [6.07, 6.45) is 7.81. The summed E-state index contributed by atoms with van der Waals surface area (Å²) in [6, 6.07) is 6.91. The lowest BCUT2D eigenvalue weighted by molar-refractivity contribution is 0.00431. The molecule has 1 N–H and O–H groups in total. The van der Waals surface area contributed by atoms with Crippen LogP contribution in [0.1, 0.15) is 56.8 Å². The Bertz CT molecular complexity index is 794. The number of carbonyl (C=O) groups is 2. The summed E-state index contributed by atoms with van der Waals surface area (Å²) in [5.74, 6) is -0.389. The molecule has 0 radical (unpaired) electrons. The van der Waals surface area contributed by atoms with Gasteiger partial charge in [-0.05, 0) is 64.3 Å². The van der Waals surface area contributed by atoms with Crippen molar-refractivity contribution >= 4 is 12.1 Å². The zero-order valence-electron chi connectivity index (χ0n) is 16.6. The van der Waals surface area contributed by atoms with Crippen molar-refractivity contribution in [2.75, 3.05) is 0 Å². The van der Waals surface area contributed by atoms with E-state index in [1.165, 1.54) is 0 Å². The van der Waals surface area contributed by atoms with Crippen molar-refractivity contribution < 1.29 is 19.1 Å². The third kappa shape index (κ3) is 5.34. The second-order valence-electron chi connectivity index (χ2n) is 8.00. The molecule has 1 amide bonds. The normalized spacial score (nSPS) is 19.7. The van der Waals surface area contributed by atoms with E-state index in [9.17, 15) is 9.59 Å². The zero-order chi connectivity index (χ0) is 20.1. The number of amides is 1. The molecule has 0 saturated heterocycles. The van der Waals surface area contributed by atoms with Crippen molar-refractivity contribution in [2.24, 2.45) is 0 Å². The molecule has 7 heteroatoms. The molecular formula is C21H27N3O4. The first-order valence-electron chi connectivity index (χ1n) is 9.61. The maximum absolute atomic E-state index is 12.6. The van der Waals surface area contributed by atoms with Crippen LogP contribution < -0.4 is 5.32 Å². The summed E-state index contributed by atoms with van der Waals surface area (Å²) in [6.45, 7) is 5.45. The Balaban J connectivity index is 1.61. The monoisotopic (exact) mass is 385 g/mol. The summed E-state index contributed by atoms with van der Waals surface area (Å²) in [5, 5.41) is 2.86. The number of alkyl carbamates (subject to hydrolysis) is 1. The molecule has 0 unspecified atom stereocenters. The topological polar surface area (TPSA) is 82.5 Å². The van der Waals surface area contributed by atoms with E-state index in [2.05, 4.69) is 10.3 Å². The number of aromatic nitrogens is 2. The Morgan fingerprint density at radius 1 is 1.14 bits per heavy atom. The summed E-state index contributed by atoms with van der Waals surface area (Å²) < 4.78 is 12.9. The third-order valence-corrected chi connectivity index (χ3v) is 4.57. The van der Waals surface area contributed by atoms with E-state index in [0.29, 0.717) is 5.56 Å². The van der Waals surface area contributed by atoms with Crippen LogP contribution >= 0.6 is 0 Å². The van der Waals surface area contributed by atoms with Crippen LogP contribution in [0.5, 0.6) is 0 Å². The average Bonchev–Trinajstić information content (AvgIpc) is 3.16. The Hall–Kier alpha value is -2.83. The quantitative estimate of drug-likeness (QED) is 0.808. The number of rotatable bonds is 4. The van der Waals surface area contributed by atoms with E-state index in [1.54, 1.807) is 24.7 Å². The first-order valence-corrected chi connectivity index (χ1v) is 9.61. The number of benzene rings is 1. The highest BCUT2D eigenvalue weighted by Gasteiger charge is 2.31. The minimum Gasteiger partial charge on any atom is -0.457 e. The third-order valence-electron chi connectivity index (χ3n) is 4.57. The Morgan fingerprint density at radius 2 is 1.86 bits per heavy atom. The van der Waals surface area contributed by atoms with Gasteiger partial charge in [-0.25, -0.2) is 14.6 Å². The molecule has 0 spiro atoms. The highest BCUT2D eigenvalue weighted by molar-refractivity contribution is 5.89. The van der Waals surface area contributed by atoms with Gasteiger partial charge in [0, 0.05) is 18.1 Å². The average molecular weight is 385 g/mol. The van der Waals surface area contributed by atoms with Crippen molar-refractivity contribution in [1.29, 1.82) is 0 Å². The molecule has 1 fully saturated rings. The standard InChI is InChI=1S/C21H27N3O4/c1-21(2,3)28-20(26)23-17-6-4-5-7-18(17)27-19(25)15-8-10-16(11-9-15)24-13-12-22-14-24/h8-14,17-18H,4-7H2,1-3H3,(H,23,26)/t17-,18-/m1/s1. The molecule has 1 aromatic carbocycles. The number of imidazole rings is 1. The molecule has 1 heterocycles. The maximum Gasteiger partial charge on any atom is 0.408 e. The minimum atomic E-state index is -0.568. The fourth-order valence-corrected chi connectivity index (χ4v) is 3.25. The molecule has 3 rings (SSSR count). The highest BCUT2D eigenvalue weighted by atomic mass is 16.6.